The van der Waals surface area contributed by atoms with Gasteiger partial charge in [0.2, 0.25) is 0 Å². The third-order valence-electron chi connectivity index (χ3n) is 2.66. The van der Waals surface area contributed by atoms with Crippen molar-refractivity contribution in [1.82, 2.24) is 4.98 Å². The van der Waals surface area contributed by atoms with Gasteiger partial charge in [-0.15, -0.1) is 11.3 Å². The molecular formula is C13H12ClF3N2S2. The standard InChI is InChI=1S/C13H12ClF3N2S2/c1-7(18)12(9-3-4-10(14)20-9)21-11-5-2-8(6-19-11)13(15,16)17/h2-7,12H,18H2,1H3. The van der Waals surface area contributed by atoms with E-state index in [1.165, 1.54) is 29.2 Å². The van der Waals surface area contributed by atoms with E-state index in [-0.39, 0.29) is 11.3 Å². The van der Waals surface area contributed by atoms with E-state index in [9.17, 15) is 13.2 Å². The maximum atomic E-state index is 12.5. The summed E-state index contributed by atoms with van der Waals surface area (Å²) in [6, 6.07) is 5.84. The molecule has 2 aromatic rings. The zero-order chi connectivity index (χ0) is 15.6. The van der Waals surface area contributed by atoms with Crippen LogP contribution in [-0.4, -0.2) is 11.0 Å². The van der Waals surface area contributed by atoms with E-state index in [2.05, 4.69) is 4.98 Å². The van der Waals surface area contributed by atoms with Gasteiger partial charge in [-0.3, -0.25) is 0 Å². The van der Waals surface area contributed by atoms with E-state index < -0.39 is 11.7 Å². The highest BCUT2D eigenvalue weighted by atomic mass is 35.5. The summed E-state index contributed by atoms with van der Waals surface area (Å²) in [5.74, 6) is 0. The van der Waals surface area contributed by atoms with Gasteiger partial charge in [0.1, 0.15) is 0 Å². The zero-order valence-electron chi connectivity index (χ0n) is 10.9. The summed E-state index contributed by atoms with van der Waals surface area (Å²) in [6.07, 6.45) is -3.54. The van der Waals surface area contributed by atoms with Crippen LogP contribution in [0.3, 0.4) is 0 Å². The van der Waals surface area contributed by atoms with Crippen LogP contribution < -0.4 is 5.73 Å². The molecule has 0 aromatic carbocycles. The fourth-order valence-corrected chi connectivity index (χ4v) is 4.03. The van der Waals surface area contributed by atoms with Crippen LogP contribution in [0, 0.1) is 0 Å². The van der Waals surface area contributed by atoms with Gasteiger partial charge in [0, 0.05) is 17.1 Å². The van der Waals surface area contributed by atoms with E-state index in [4.69, 9.17) is 17.3 Å². The van der Waals surface area contributed by atoms with Crippen molar-refractivity contribution in [3.63, 3.8) is 0 Å². The molecule has 0 amide bonds. The maximum Gasteiger partial charge on any atom is 0.417 e. The number of thiophene rings is 1. The molecule has 2 atom stereocenters. The topological polar surface area (TPSA) is 38.9 Å². The Morgan fingerprint density at radius 3 is 2.43 bits per heavy atom. The van der Waals surface area contributed by atoms with Crippen LogP contribution >= 0.6 is 34.7 Å². The molecule has 0 saturated carbocycles. The first-order valence-electron chi connectivity index (χ1n) is 5.98. The molecule has 0 bridgehead atoms. The number of aromatic nitrogens is 1. The lowest BCUT2D eigenvalue weighted by Gasteiger charge is -2.18. The molecule has 2 N–H and O–H groups in total. The second-order valence-corrected chi connectivity index (χ2v) is 7.33. The van der Waals surface area contributed by atoms with Crippen molar-refractivity contribution < 1.29 is 13.2 Å². The summed E-state index contributed by atoms with van der Waals surface area (Å²) in [5.41, 5.74) is 5.20. The minimum absolute atomic E-state index is 0.105. The molecule has 0 aliphatic rings. The van der Waals surface area contributed by atoms with Gasteiger partial charge in [-0.2, -0.15) is 13.2 Å². The van der Waals surface area contributed by atoms with Crippen LogP contribution in [0.1, 0.15) is 22.6 Å². The third-order valence-corrected chi connectivity index (χ3v) is 5.55. The maximum absolute atomic E-state index is 12.5. The first-order valence-corrected chi connectivity index (χ1v) is 8.05. The lowest BCUT2D eigenvalue weighted by atomic mass is 10.2. The number of rotatable bonds is 4. The molecule has 2 aromatic heterocycles. The first kappa shape index (κ1) is 16.6. The van der Waals surface area contributed by atoms with Crippen molar-refractivity contribution in [2.24, 2.45) is 5.73 Å². The average Bonchev–Trinajstić information content (AvgIpc) is 2.81. The monoisotopic (exact) mass is 352 g/mol. The number of hydrogen-bond acceptors (Lipinski definition) is 4. The molecular weight excluding hydrogens is 341 g/mol. The Balaban J connectivity index is 2.18. The zero-order valence-corrected chi connectivity index (χ0v) is 13.3. The number of halogens is 4. The van der Waals surface area contributed by atoms with Crippen molar-refractivity contribution in [1.29, 1.82) is 0 Å². The predicted octanol–water partition coefficient (Wildman–Crippen LogP) is 5.00. The Hall–Kier alpha value is -0.760. The van der Waals surface area contributed by atoms with Crippen LogP contribution in [0.5, 0.6) is 0 Å². The Morgan fingerprint density at radius 1 is 1.29 bits per heavy atom. The fraction of sp³-hybridized carbons (Fsp3) is 0.308. The molecule has 2 rings (SSSR count). The smallest absolute Gasteiger partial charge is 0.327 e. The Morgan fingerprint density at radius 2 is 2.00 bits per heavy atom. The van der Waals surface area contributed by atoms with Gasteiger partial charge >= 0.3 is 6.18 Å². The van der Waals surface area contributed by atoms with Crippen molar-refractivity contribution >= 4 is 34.7 Å². The van der Waals surface area contributed by atoms with Crippen LogP contribution in [0.4, 0.5) is 13.2 Å². The van der Waals surface area contributed by atoms with Gasteiger partial charge in [0.25, 0.3) is 0 Å². The number of pyridine rings is 1. The summed E-state index contributed by atoms with van der Waals surface area (Å²) in [7, 11) is 0. The van der Waals surface area contributed by atoms with E-state index in [1.54, 1.807) is 6.07 Å². The number of nitrogens with zero attached hydrogens (tertiary/aromatic N) is 1. The van der Waals surface area contributed by atoms with E-state index >= 15 is 0 Å². The quantitative estimate of drug-likeness (QED) is 0.787. The largest absolute Gasteiger partial charge is 0.417 e. The van der Waals surface area contributed by atoms with Crippen LogP contribution in [0.15, 0.2) is 35.5 Å². The highest BCUT2D eigenvalue weighted by Gasteiger charge is 2.31. The third kappa shape index (κ3) is 4.35. The molecule has 21 heavy (non-hydrogen) atoms. The lowest BCUT2D eigenvalue weighted by Crippen LogP contribution is -2.22. The fourth-order valence-electron chi connectivity index (χ4n) is 1.65. The molecule has 2 heterocycles. The first-order chi connectivity index (χ1) is 9.77. The minimum Gasteiger partial charge on any atom is -0.327 e. The van der Waals surface area contributed by atoms with E-state index in [1.807, 2.05) is 13.0 Å². The molecule has 0 saturated heterocycles. The van der Waals surface area contributed by atoms with Crippen LogP contribution in [-0.2, 0) is 6.18 Å². The molecule has 8 heteroatoms. The van der Waals surface area contributed by atoms with Crippen molar-refractivity contribution in [3.8, 4) is 0 Å². The van der Waals surface area contributed by atoms with Gasteiger partial charge in [0.15, 0.2) is 0 Å². The van der Waals surface area contributed by atoms with Gasteiger partial charge in [0.05, 0.1) is 20.2 Å². The molecule has 0 fully saturated rings. The Kier molecular flexibility index (Phi) is 5.19. The van der Waals surface area contributed by atoms with Gasteiger partial charge in [-0.25, -0.2) is 4.98 Å². The van der Waals surface area contributed by atoms with Crippen molar-refractivity contribution in [2.45, 2.75) is 29.4 Å². The SMILES string of the molecule is CC(N)C(Sc1ccc(C(F)(F)F)cn1)c1ccc(Cl)s1. The Labute approximate surface area is 133 Å². The second-order valence-electron chi connectivity index (χ2n) is 4.42. The predicted molar refractivity (Wildman–Crippen MR) is 80.8 cm³/mol. The van der Waals surface area contributed by atoms with Crippen LogP contribution in [0.2, 0.25) is 4.34 Å². The molecule has 0 aliphatic heterocycles. The number of alkyl halides is 3. The number of thioether (sulfide) groups is 1. The van der Waals surface area contributed by atoms with Gasteiger partial charge in [-0.1, -0.05) is 23.4 Å². The summed E-state index contributed by atoms with van der Waals surface area (Å²) < 4.78 is 38.1. The highest BCUT2D eigenvalue weighted by molar-refractivity contribution is 7.99. The molecule has 0 radical (unpaired) electrons. The Bertz CT molecular complexity index is 596. The van der Waals surface area contributed by atoms with E-state index in [0.29, 0.717) is 9.36 Å². The minimum atomic E-state index is -4.38. The van der Waals surface area contributed by atoms with Crippen LogP contribution in [0.25, 0.3) is 0 Å². The number of hydrogen-bond donors (Lipinski definition) is 1. The summed E-state index contributed by atoms with van der Waals surface area (Å²) in [4.78, 5) is 4.83. The van der Waals surface area contributed by atoms with Crippen molar-refractivity contribution in [3.05, 3.63) is 45.2 Å². The van der Waals surface area contributed by atoms with Crippen molar-refractivity contribution in [2.75, 3.05) is 0 Å². The molecule has 0 aliphatic carbocycles. The lowest BCUT2D eigenvalue weighted by molar-refractivity contribution is -0.137. The highest BCUT2D eigenvalue weighted by Crippen LogP contribution is 2.41. The molecule has 114 valence electrons. The average molecular weight is 353 g/mol. The summed E-state index contributed by atoms with van der Waals surface area (Å²) in [5, 5.41) is 0.390. The normalized spacial score (nSPS) is 15.0. The van der Waals surface area contributed by atoms with Gasteiger partial charge in [-0.05, 0) is 31.2 Å². The van der Waals surface area contributed by atoms with Gasteiger partial charge < -0.3 is 5.73 Å². The molecule has 2 nitrogen and oxygen atoms in total. The number of nitrogens with two attached hydrogens (primary N) is 1. The second kappa shape index (κ2) is 6.56. The molecule has 0 spiro atoms. The molecule has 2 unspecified atom stereocenters. The summed E-state index contributed by atoms with van der Waals surface area (Å²) in [6.45, 7) is 1.84. The van der Waals surface area contributed by atoms with E-state index in [0.717, 1.165) is 17.1 Å². The summed E-state index contributed by atoms with van der Waals surface area (Å²) >= 11 is 8.65.